The highest BCUT2D eigenvalue weighted by Gasteiger charge is 2.21. The van der Waals surface area contributed by atoms with Gasteiger partial charge in [-0.3, -0.25) is 0 Å². The molecule has 3 heterocycles. The molecule has 0 bridgehead atoms. The Bertz CT molecular complexity index is 3480. The third kappa shape index (κ3) is 3.79. The fourth-order valence-electron chi connectivity index (χ4n) is 7.92. The van der Waals surface area contributed by atoms with Crippen molar-refractivity contribution in [3.05, 3.63) is 176 Å². The van der Waals surface area contributed by atoms with Gasteiger partial charge in [-0.05, 0) is 78.6 Å². The Morgan fingerprint density at radius 1 is 0.460 bits per heavy atom. The normalized spacial score (nSPS) is 14.2. The van der Waals surface area contributed by atoms with Crippen molar-refractivity contribution in [1.29, 1.82) is 0 Å². The van der Waals surface area contributed by atoms with Crippen LogP contribution in [0.5, 0.6) is 0 Å². The lowest BCUT2D eigenvalue weighted by Crippen LogP contribution is -1.90. The van der Waals surface area contributed by atoms with Crippen LogP contribution >= 0.6 is 0 Å². The summed E-state index contributed by atoms with van der Waals surface area (Å²) in [6.07, 6.45) is 1.38. The van der Waals surface area contributed by atoms with Gasteiger partial charge in [0.1, 0.15) is 5.58 Å². The van der Waals surface area contributed by atoms with E-state index in [2.05, 4.69) is 97.1 Å². The fraction of sp³-hybridized carbons (Fsp3) is 0. The van der Waals surface area contributed by atoms with Crippen LogP contribution in [0.4, 0.5) is 0 Å². The van der Waals surface area contributed by atoms with E-state index in [-0.39, 0.29) is 63.8 Å². The minimum atomic E-state index is -0.459. The molecule has 0 fully saturated rings. The van der Waals surface area contributed by atoms with Crippen molar-refractivity contribution in [3.8, 4) is 44.5 Å². The van der Waals surface area contributed by atoms with Crippen molar-refractivity contribution in [1.82, 2.24) is 4.40 Å². The second-order valence-corrected chi connectivity index (χ2v) is 12.6. The lowest BCUT2D eigenvalue weighted by atomic mass is 9.85. The molecule has 11 rings (SSSR count). The summed E-state index contributed by atoms with van der Waals surface area (Å²) in [5.74, 6) is 0. The van der Waals surface area contributed by atoms with Crippen LogP contribution in [0.25, 0.3) is 104 Å². The molecule has 0 unspecified atom stereocenters. The first-order chi connectivity index (χ1) is 28.2. The Balaban J connectivity index is 1.15. The van der Waals surface area contributed by atoms with E-state index < -0.39 is 12.1 Å². The molecule has 3 aromatic heterocycles. The van der Waals surface area contributed by atoms with Crippen LogP contribution in [0, 0.1) is 0 Å². The quantitative estimate of drug-likeness (QED) is 0.175. The molecular formula is C48H29NO. The van der Waals surface area contributed by atoms with Gasteiger partial charge in [0.15, 0.2) is 0 Å². The molecule has 0 aliphatic rings. The molecule has 0 aliphatic heterocycles. The van der Waals surface area contributed by atoms with Crippen molar-refractivity contribution >= 4 is 59.7 Å². The van der Waals surface area contributed by atoms with E-state index in [0.717, 1.165) is 49.4 Å². The van der Waals surface area contributed by atoms with Gasteiger partial charge in [-0.2, -0.15) is 0 Å². The Kier molecular flexibility index (Phi) is 4.31. The van der Waals surface area contributed by atoms with Crippen LogP contribution in [0.15, 0.2) is 180 Å². The van der Waals surface area contributed by atoms with Gasteiger partial charge >= 0.3 is 0 Å². The van der Waals surface area contributed by atoms with E-state index in [9.17, 15) is 1.37 Å². The number of rotatable bonds is 4. The number of furan rings is 1. The van der Waals surface area contributed by atoms with E-state index in [1.54, 1.807) is 12.3 Å². The van der Waals surface area contributed by atoms with Gasteiger partial charge in [0, 0.05) is 33.3 Å². The summed E-state index contributed by atoms with van der Waals surface area (Å²) in [4.78, 5) is 0. The average Bonchev–Trinajstić information content (AvgIpc) is 3.92. The van der Waals surface area contributed by atoms with Crippen LogP contribution in [-0.2, 0) is 0 Å². The number of nitrogens with zero attached hydrogens (tertiary/aromatic N) is 1. The summed E-state index contributed by atoms with van der Waals surface area (Å²) in [7, 11) is 0. The number of hydrogen-bond donors (Lipinski definition) is 0. The fourth-order valence-corrected chi connectivity index (χ4v) is 7.92. The summed E-state index contributed by atoms with van der Waals surface area (Å²) in [6.45, 7) is 0. The monoisotopic (exact) mass is 643 g/mol. The van der Waals surface area contributed by atoms with Gasteiger partial charge in [0.2, 0.25) is 0 Å². The van der Waals surface area contributed by atoms with Crippen LogP contribution in [0.2, 0.25) is 0 Å². The zero-order valence-corrected chi connectivity index (χ0v) is 26.5. The molecule has 232 valence electrons. The van der Waals surface area contributed by atoms with Gasteiger partial charge in [0.25, 0.3) is 0 Å². The van der Waals surface area contributed by atoms with Crippen molar-refractivity contribution in [2.75, 3.05) is 0 Å². The minimum absolute atomic E-state index is 0.0489. The zero-order valence-electron chi connectivity index (χ0n) is 34.5. The van der Waals surface area contributed by atoms with Crippen molar-refractivity contribution in [2.24, 2.45) is 0 Å². The highest BCUT2D eigenvalue weighted by molar-refractivity contribution is 6.23. The van der Waals surface area contributed by atoms with Gasteiger partial charge in [-0.15, -0.1) is 0 Å². The van der Waals surface area contributed by atoms with Gasteiger partial charge < -0.3 is 8.82 Å². The minimum Gasteiger partial charge on any atom is -0.464 e. The van der Waals surface area contributed by atoms with Gasteiger partial charge in [0.05, 0.1) is 28.3 Å². The summed E-state index contributed by atoms with van der Waals surface area (Å²) < 4.78 is 78.5. The maximum atomic E-state index is 9.41. The van der Waals surface area contributed by atoms with E-state index in [4.69, 9.17) is 14.0 Å². The van der Waals surface area contributed by atoms with Crippen LogP contribution in [0.3, 0.4) is 0 Å². The Labute approximate surface area is 299 Å². The maximum absolute atomic E-state index is 9.41. The smallest absolute Gasteiger partial charge is 0.135 e. The van der Waals surface area contributed by atoms with Crippen molar-refractivity contribution < 1.29 is 15.4 Å². The predicted molar refractivity (Wildman–Crippen MR) is 210 cm³/mol. The molecule has 0 aliphatic carbocycles. The second kappa shape index (κ2) is 10.4. The van der Waals surface area contributed by atoms with Crippen LogP contribution < -0.4 is 0 Å². The third-order valence-corrected chi connectivity index (χ3v) is 10.0. The first-order valence-electron chi connectivity index (χ1n) is 20.5. The molecule has 11 aromatic rings. The number of aromatic nitrogens is 1. The molecule has 8 aromatic carbocycles. The molecule has 0 saturated heterocycles. The highest BCUT2D eigenvalue weighted by Crippen LogP contribution is 2.46. The summed E-state index contributed by atoms with van der Waals surface area (Å²) in [5.41, 5.74) is 7.78. The summed E-state index contributed by atoms with van der Waals surface area (Å²) >= 11 is 0. The molecule has 50 heavy (non-hydrogen) atoms. The van der Waals surface area contributed by atoms with Crippen molar-refractivity contribution in [3.63, 3.8) is 0 Å². The van der Waals surface area contributed by atoms with Crippen LogP contribution in [-0.4, -0.2) is 4.40 Å². The first-order valence-corrected chi connectivity index (χ1v) is 16.5. The predicted octanol–water partition coefficient (Wildman–Crippen LogP) is 13.4. The molecule has 0 atom stereocenters. The molecule has 0 spiro atoms. The molecule has 0 saturated carbocycles. The molecular weight excluding hydrogens is 607 g/mol. The van der Waals surface area contributed by atoms with Crippen molar-refractivity contribution in [2.45, 2.75) is 0 Å². The largest absolute Gasteiger partial charge is 0.464 e. The van der Waals surface area contributed by atoms with E-state index >= 15 is 0 Å². The lowest BCUT2D eigenvalue weighted by Gasteiger charge is -2.18. The highest BCUT2D eigenvalue weighted by atomic mass is 16.3. The Hall–Kier alpha value is -6.64. The standard InChI is InChI=1S/C48H29NO/c1-2-11-31(12-3-1)44-34-13-4-6-15-36(34)45(37-16-7-5-14-35(37)44)32-23-21-30(22-24-32)41-29-50-43-20-10-18-38(46(41)43)39-26-25-33-27-28-49-42-19-9-8-17-40(42)47(39)48(33)49/h1-29H/i8D,9D,17D,19D,25D,26D,27D,28D. The second-order valence-electron chi connectivity index (χ2n) is 12.6. The molecule has 0 radical (unpaired) electrons. The van der Waals surface area contributed by atoms with Gasteiger partial charge in [-0.1, -0.05) is 145 Å². The SMILES string of the molecule is [2H]c1c([2H])c([2H])c2c(c1[2H])c1c(-c3cccc4occ(-c5ccc(-c6c7ccccc7c(-c7ccccc7)c7ccccc67)cc5)c34)c([2H])c([2H])c3c([2H])c([2H])n2c31. The molecule has 2 heteroatoms. The third-order valence-electron chi connectivity index (χ3n) is 10.0. The van der Waals surface area contributed by atoms with Crippen LogP contribution in [0.1, 0.15) is 11.0 Å². The Morgan fingerprint density at radius 2 is 1.10 bits per heavy atom. The Morgan fingerprint density at radius 3 is 1.82 bits per heavy atom. The van der Waals surface area contributed by atoms with E-state index in [1.807, 2.05) is 18.2 Å². The van der Waals surface area contributed by atoms with Gasteiger partial charge in [-0.25, -0.2) is 0 Å². The summed E-state index contributed by atoms with van der Waals surface area (Å²) in [6, 6.07) is 39.0. The molecule has 0 amide bonds. The maximum Gasteiger partial charge on any atom is 0.135 e. The molecule has 0 N–H and O–H groups in total. The lowest BCUT2D eigenvalue weighted by molar-refractivity contribution is 0.617. The summed E-state index contributed by atoms with van der Waals surface area (Å²) in [5, 5.41) is 5.79. The zero-order chi connectivity index (χ0) is 39.7. The number of benzene rings is 8. The topological polar surface area (TPSA) is 17.6 Å². The number of hydrogen-bond acceptors (Lipinski definition) is 1. The molecule has 2 nitrogen and oxygen atoms in total. The number of fused-ring (bicyclic) bond motifs is 6. The van der Waals surface area contributed by atoms with E-state index in [0.29, 0.717) is 21.9 Å². The first kappa shape index (κ1) is 20.7. The number of para-hydroxylation sites is 1. The average molecular weight is 644 g/mol. The van der Waals surface area contributed by atoms with E-state index in [1.165, 1.54) is 9.96 Å².